The summed E-state index contributed by atoms with van der Waals surface area (Å²) in [5, 5.41) is 14.1. The van der Waals surface area contributed by atoms with E-state index in [1.165, 1.54) is 24.5 Å². The molecule has 8 heteroatoms. The van der Waals surface area contributed by atoms with Gasteiger partial charge in [0.2, 0.25) is 0 Å². The van der Waals surface area contributed by atoms with Gasteiger partial charge < -0.3 is 5.32 Å². The molecule has 0 saturated heterocycles. The van der Waals surface area contributed by atoms with Gasteiger partial charge >= 0.3 is 6.18 Å². The van der Waals surface area contributed by atoms with Gasteiger partial charge in [0.25, 0.3) is 0 Å². The summed E-state index contributed by atoms with van der Waals surface area (Å²) < 4.78 is 40.6. The molecular weight excluding hydrogens is 283 g/mol. The first-order chi connectivity index (χ1) is 9.89. The Morgan fingerprint density at radius 1 is 1.33 bits per heavy atom. The van der Waals surface area contributed by atoms with Crippen molar-refractivity contribution in [2.75, 3.05) is 6.54 Å². The first kappa shape index (κ1) is 15.4. The van der Waals surface area contributed by atoms with Gasteiger partial charge in [-0.25, -0.2) is 4.68 Å². The average Bonchev–Trinajstić information content (AvgIpc) is 2.83. The molecule has 0 aliphatic carbocycles. The van der Waals surface area contributed by atoms with Gasteiger partial charge in [0.15, 0.2) is 11.5 Å². The molecule has 0 saturated carbocycles. The summed E-state index contributed by atoms with van der Waals surface area (Å²) in [5.41, 5.74) is -0.729. The maximum Gasteiger partial charge on any atom is 0.433 e. The Labute approximate surface area is 120 Å². The van der Waals surface area contributed by atoms with Gasteiger partial charge in [0, 0.05) is 18.3 Å². The molecule has 0 spiro atoms. The van der Waals surface area contributed by atoms with Crippen LogP contribution in [-0.2, 0) is 12.7 Å². The lowest BCUT2D eigenvalue weighted by Crippen LogP contribution is -2.22. The van der Waals surface area contributed by atoms with Gasteiger partial charge in [-0.05, 0) is 24.6 Å². The number of hydrogen-bond donors (Lipinski definition) is 1. The monoisotopic (exact) mass is 299 g/mol. The van der Waals surface area contributed by atoms with Crippen LogP contribution in [0.2, 0.25) is 0 Å². The summed E-state index contributed by atoms with van der Waals surface area (Å²) >= 11 is 0. The molecule has 0 atom stereocenters. The Kier molecular flexibility index (Phi) is 4.56. The average molecular weight is 299 g/mol. The number of rotatable bonds is 5. The topological polar surface area (TPSA) is 55.6 Å². The van der Waals surface area contributed by atoms with E-state index in [2.05, 4.69) is 20.6 Å². The van der Waals surface area contributed by atoms with Crippen LogP contribution in [-0.4, -0.2) is 26.5 Å². The first-order valence-corrected chi connectivity index (χ1v) is 6.52. The van der Waals surface area contributed by atoms with Crippen LogP contribution in [0, 0.1) is 5.92 Å². The summed E-state index contributed by atoms with van der Waals surface area (Å²) in [6.07, 6.45) is -1.90. The normalized spacial score (nSPS) is 12.1. The minimum atomic E-state index is -4.51. The second-order valence-electron chi connectivity index (χ2n) is 5.03. The van der Waals surface area contributed by atoms with Gasteiger partial charge in [0.1, 0.15) is 0 Å². The highest BCUT2D eigenvalue weighted by atomic mass is 19.4. The number of nitrogens with one attached hydrogen (secondary N) is 1. The standard InChI is InChI=1S/C13H16F3N5/c1-9(2)6-17-7-10-8-19-21(12(10)13(14,15)16)11-4-3-5-18-20-11/h3-5,8-9,17H,6-7H2,1-2H3. The Balaban J connectivity index is 2.33. The highest BCUT2D eigenvalue weighted by Crippen LogP contribution is 2.33. The second-order valence-corrected chi connectivity index (χ2v) is 5.03. The lowest BCUT2D eigenvalue weighted by molar-refractivity contribution is -0.143. The van der Waals surface area contributed by atoms with Crippen molar-refractivity contribution in [3.05, 3.63) is 35.8 Å². The van der Waals surface area contributed by atoms with E-state index in [0.717, 1.165) is 4.68 Å². The quantitative estimate of drug-likeness (QED) is 0.921. The number of alkyl halides is 3. The van der Waals surface area contributed by atoms with E-state index in [1.54, 1.807) is 0 Å². The molecule has 1 N–H and O–H groups in total. The van der Waals surface area contributed by atoms with Crippen LogP contribution < -0.4 is 5.32 Å². The predicted octanol–water partition coefficient (Wildman–Crippen LogP) is 2.43. The summed E-state index contributed by atoms with van der Waals surface area (Å²) in [6, 6.07) is 2.95. The lowest BCUT2D eigenvalue weighted by atomic mass is 10.2. The fourth-order valence-corrected chi connectivity index (χ4v) is 1.89. The zero-order valence-corrected chi connectivity index (χ0v) is 11.7. The predicted molar refractivity (Wildman–Crippen MR) is 70.7 cm³/mol. The van der Waals surface area contributed by atoms with Crippen molar-refractivity contribution in [2.45, 2.75) is 26.6 Å². The van der Waals surface area contributed by atoms with Crippen LogP contribution in [0.4, 0.5) is 13.2 Å². The molecule has 114 valence electrons. The van der Waals surface area contributed by atoms with Crippen molar-refractivity contribution < 1.29 is 13.2 Å². The van der Waals surface area contributed by atoms with Crippen LogP contribution in [0.5, 0.6) is 0 Å². The van der Waals surface area contributed by atoms with Gasteiger partial charge in [-0.2, -0.15) is 23.4 Å². The van der Waals surface area contributed by atoms with Crippen LogP contribution in [0.25, 0.3) is 5.82 Å². The van der Waals surface area contributed by atoms with Crippen molar-refractivity contribution in [1.29, 1.82) is 0 Å². The Bertz CT molecular complexity index is 577. The van der Waals surface area contributed by atoms with Gasteiger partial charge in [-0.3, -0.25) is 0 Å². The maximum absolute atomic E-state index is 13.3. The highest BCUT2D eigenvalue weighted by Gasteiger charge is 2.38. The zero-order chi connectivity index (χ0) is 15.5. The van der Waals surface area contributed by atoms with E-state index in [-0.39, 0.29) is 17.9 Å². The molecule has 0 bridgehead atoms. The Morgan fingerprint density at radius 3 is 2.67 bits per heavy atom. The highest BCUT2D eigenvalue weighted by molar-refractivity contribution is 5.29. The van der Waals surface area contributed by atoms with Crippen LogP contribution in [0.1, 0.15) is 25.1 Å². The molecule has 0 amide bonds. The third kappa shape index (κ3) is 3.78. The van der Waals surface area contributed by atoms with Crippen molar-refractivity contribution in [3.8, 4) is 5.82 Å². The summed E-state index contributed by atoms with van der Waals surface area (Å²) in [7, 11) is 0. The van der Waals surface area contributed by atoms with Gasteiger partial charge in [-0.1, -0.05) is 13.8 Å². The van der Waals surface area contributed by atoms with E-state index < -0.39 is 11.9 Å². The SMILES string of the molecule is CC(C)CNCc1cnn(-c2cccnn2)c1C(F)(F)F. The van der Waals surface area contributed by atoms with Crippen LogP contribution in [0.15, 0.2) is 24.5 Å². The van der Waals surface area contributed by atoms with E-state index in [9.17, 15) is 13.2 Å². The van der Waals surface area contributed by atoms with Crippen molar-refractivity contribution in [3.63, 3.8) is 0 Å². The molecular formula is C13H16F3N5. The number of hydrogen-bond acceptors (Lipinski definition) is 4. The summed E-state index contributed by atoms with van der Waals surface area (Å²) in [6.45, 7) is 4.71. The van der Waals surface area contributed by atoms with E-state index >= 15 is 0 Å². The molecule has 0 unspecified atom stereocenters. The molecule has 2 aromatic heterocycles. The maximum atomic E-state index is 13.3. The zero-order valence-electron chi connectivity index (χ0n) is 11.7. The molecule has 2 rings (SSSR count). The van der Waals surface area contributed by atoms with E-state index in [1.807, 2.05) is 13.8 Å². The smallest absolute Gasteiger partial charge is 0.312 e. The van der Waals surface area contributed by atoms with Crippen molar-refractivity contribution in [2.24, 2.45) is 5.92 Å². The third-order valence-corrected chi connectivity index (χ3v) is 2.76. The molecule has 2 heterocycles. The molecule has 0 aliphatic heterocycles. The molecule has 2 aromatic rings. The molecule has 0 aliphatic rings. The van der Waals surface area contributed by atoms with E-state index in [4.69, 9.17) is 0 Å². The number of halogens is 3. The third-order valence-electron chi connectivity index (χ3n) is 2.76. The van der Waals surface area contributed by atoms with Gasteiger partial charge in [-0.15, -0.1) is 5.10 Å². The fourth-order valence-electron chi connectivity index (χ4n) is 1.89. The molecule has 0 fully saturated rings. The minimum Gasteiger partial charge on any atom is -0.312 e. The molecule has 0 radical (unpaired) electrons. The molecule has 21 heavy (non-hydrogen) atoms. The van der Waals surface area contributed by atoms with Crippen LogP contribution >= 0.6 is 0 Å². The molecule has 5 nitrogen and oxygen atoms in total. The Hall–Kier alpha value is -1.96. The Morgan fingerprint density at radius 2 is 2.10 bits per heavy atom. The molecule has 0 aromatic carbocycles. The first-order valence-electron chi connectivity index (χ1n) is 6.52. The van der Waals surface area contributed by atoms with Crippen molar-refractivity contribution in [1.82, 2.24) is 25.3 Å². The number of nitrogens with zero attached hydrogens (tertiary/aromatic N) is 4. The summed E-state index contributed by atoms with van der Waals surface area (Å²) in [4.78, 5) is 0. The minimum absolute atomic E-state index is 0.0416. The van der Waals surface area contributed by atoms with E-state index in [0.29, 0.717) is 12.5 Å². The summed E-state index contributed by atoms with van der Waals surface area (Å²) in [5.74, 6) is 0.398. The number of aromatic nitrogens is 4. The van der Waals surface area contributed by atoms with Crippen molar-refractivity contribution >= 4 is 0 Å². The van der Waals surface area contributed by atoms with Gasteiger partial charge in [0.05, 0.1) is 6.20 Å². The lowest BCUT2D eigenvalue weighted by Gasteiger charge is -2.12. The largest absolute Gasteiger partial charge is 0.433 e. The second kappa shape index (κ2) is 6.21. The fraction of sp³-hybridized carbons (Fsp3) is 0.462. The van der Waals surface area contributed by atoms with Crippen LogP contribution in [0.3, 0.4) is 0 Å².